The molecule has 110 valence electrons. The smallest absolute Gasteiger partial charge is 0.362 e. The average Bonchev–Trinajstić information content (AvgIpc) is 3.04. The summed E-state index contributed by atoms with van der Waals surface area (Å²) in [5.74, 6) is -0.248. The van der Waals surface area contributed by atoms with Gasteiger partial charge in [0.1, 0.15) is 13.1 Å². The van der Waals surface area contributed by atoms with Crippen LogP contribution in [0.3, 0.4) is 0 Å². The van der Waals surface area contributed by atoms with Crippen molar-refractivity contribution in [3.05, 3.63) is 0 Å². The third-order valence-corrected chi connectivity index (χ3v) is 6.37. The number of fused-ring (bicyclic) bond motifs is 1. The number of quaternary nitrogens is 1. The number of carbonyl (C=O) groups is 2. The summed E-state index contributed by atoms with van der Waals surface area (Å²) in [5.41, 5.74) is 0. The van der Waals surface area contributed by atoms with Crippen molar-refractivity contribution in [2.45, 2.75) is 29.1 Å². The van der Waals surface area contributed by atoms with Gasteiger partial charge < -0.3 is 19.1 Å². The molecule has 20 heavy (non-hydrogen) atoms. The van der Waals surface area contributed by atoms with Crippen molar-refractivity contribution >= 4 is 23.7 Å². The third kappa shape index (κ3) is 2.03. The fourth-order valence-electron chi connectivity index (χ4n) is 3.62. The number of nitrogens with one attached hydrogen (secondary N) is 1. The Hall–Kier alpha value is -0.790. The molecule has 7 heteroatoms. The molecule has 0 aliphatic carbocycles. The van der Waals surface area contributed by atoms with Crippen LogP contribution in [-0.2, 0) is 23.8 Å². The molecule has 4 rings (SSSR count). The van der Waals surface area contributed by atoms with Crippen molar-refractivity contribution in [3.63, 3.8) is 0 Å². The quantitative estimate of drug-likeness (QED) is 0.623. The van der Waals surface area contributed by atoms with E-state index in [-0.39, 0.29) is 40.6 Å². The Labute approximate surface area is 121 Å². The Morgan fingerprint density at radius 1 is 1.40 bits per heavy atom. The number of rotatable bonds is 3. The first kappa shape index (κ1) is 12.9. The number of hydrogen-bond acceptors (Lipinski definition) is 6. The van der Waals surface area contributed by atoms with E-state index >= 15 is 0 Å². The minimum absolute atomic E-state index is 0.0369. The van der Waals surface area contributed by atoms with E-state index < -0.39 is 0 Å². The van der Waals surface area contributed by atoms with Crippen LogP contribution in [-0.4, -0.2) is 67.5 Å². The van der Waals surface area contributed by atoms with Gasteiger partial charge in [0, 0.05) is 5.25 Å². The lowest BCUT2D eigenvalue weighted by Crippen LogP contribution is -3.15. The monoisotopic (exact) mass is 300 g/mol. The molecule has 0 amide bonds. The van der Waals surface area contributed by atoms with Crippen LogP contribution in [0.2, 0.25) is 0 Å². The molecule has 4 heterocycles. The molecular weight excluding hydrogens is 282 g/mol. The van der Waals surface area contributed by atoms with Crippen LogP contribution in [0.1, 0.15) is 6.42 Å². The van der Waals surface area contributed by atoms with Gasteiger partial charge in [-0.2, -0.15) is 0 Å². The Bertz CT molecular complexity index is 438. The summed E-state index contributed by atoms with van der Waals surface area (Å²) in [5, 5.41) is 0.450. The molecule has 2 bridgehead atoms. The zero-order valence-corrected chi connectivity index (χ0v) is 11.9. The van der Waals surface area contributed by atoms with E-state index in [2.05, 4.69) is 0 Å². The van der Waals surface area contributed by atoms with Gasteiger partial charge in [-0.15, -0.1) is 11.8 Å². The maximum Gasteiger partial charge on any atom is 0.362 e. The number of hydrogen-bond donors (Lipinski definition) is 1. The molecular formula is C13H18NO5S+. The van der Waals surface area contributed by atoms with Crippen LogP contribution >= 0.6 is 11.8 Å². The molecule has 1 N–H and O–H groups in total. The Kier molecular flexibility index (Phi) is 3.16. The van der Waals surface area contributed by atoms with Gasteiger partial charge >= 0.3 is 11.9 Å². The minimum Gasteiger partial charge on any atom is -0.457 e. The van der Waals surface area contributed by atoms with Crippen molar-refractivity contribution in [1.29, 1.82) is 0 Å². The number of morpholine rings is 1. The summed E-state index contributed by atoms with van der Waals surface area (Å²) in [6.45, 7) is 3.48. The van der Waals surface area contributed by atoms with E-state index in [9.17, 15) is 9.59 Å². The predicted molar refractivity (Wildman–Crippen MR) is 69.4 cm³/mol. The number of ether oxygens (including phenoxy) is 3. The van der Waals surface area contributed by atoms with Crippen LogP contribution in [0.5, 0.6) is 0 Å². The van der Waals surface area contributed by atoms with Crippen molar-refractivity contribution in [1.82, 2.24) is 0 Å². The van der Waals surface area contributed by atoms with Crippen LogP contribution in [0.15, 0.2) is 0 Å². The van der Waals surface area contributed by atoms with E-state index in [0.717, 1.165) is 19.5 Å². The van der Waals surface area contributed by atoms with E-state index in [0.29, 0.717) is 19.8 Å². The Morgan fingerprint density at radius 3 is 3.00 bits per heavy atom. The molecule has 5 atom stereocenters. The summed E-state index contributed by atoms with van der Waals surface area (Å²) in [6, 6.07) is 0. The molecule has 0 aromatic carbocycles. The molecule has 4 saturated heterocycles. The molecule has 4 aliphatic rings. The van der Waals surface area contributed by atoms with Gasteiger partial charge in [0.25, 0.3) is 0 Å². The highest BCUT2D eigenvalue weighted by molar-refractivity contribution is 8.01. The van der Waals surface area contributed by atoms with E-state index in [4.69, 9.17) is 14.2 Å². The topological polar surface area (TPSA) is 66.3 Å². The SMILES string of the molecule is O=C(C[NH+]1CCOCC1)OC1C2CC3C(=O)OC1C3S2. The number of carbonyl (C=O) groups excluding carboxylic acids is 2. The summed E-state index contributed by atoms with van der Waals surface area (Å²) < 4.78 is 16.3. The second kappa shape index (κ2) is 4.89. The Balaban J connectivity index is 1.35. The zero-order valence-electron chi connectivity index (χ0n) is 11.1. The maximum atomic E-state index is 12.1. The predicted octanol–water partition coefficient (Wildman–Crippen LogP) is -1.76. The fraction of sp³-hybridized carbons (Fsp3) is 0.846. The highest BCUT2D eigenvalue weighted by Gasteiger charge is 2.64. The van der Waals surface area contributed by atoms with Gasteiger partial charge in [-0.05, 0) is 6.42 Å². The lowest BCUT2D eigenvalue weighted by Gasteiger charge is -2.26. The van der Waals surface area contributed by atoms with Gasteiger partial charge in [-0.3, -0.25) is 4.79 Å². The Morgan fingerprint density at radius 2 is 2.20 bits per heavy atom. The number of esters is 2. The first-order chi connectivity index (χ1) is 9.72. The minimum atomic E-state index is -0.236. The van der Waals surface area contributed by atoms with E-state index in [1.807, 2.05) is 0 Å². The molecule has 0 spiro atoms. The van der Waals surface area contributed by atoms with Crippen LogP contribution < -0.4 is 4.90 Å². The van der Waals surface area contributed by atoms with Crippen molar-refractivity contribution in [2.75, 3.05) is 32.8 Å². The first-order valence-corrected chi connectivity index (χ1v) is 8.13. The largest absolute Gasteiger partial charge is 0.457 e. The molecule has 0 aromatic rings. The number of thioether (sulfide) groups is 1. The summed E-state index contributed by atoms with van der Waals surface area (Å²) in [4.78, 5) is 24.9. The lowest BCUT2D eigenvalue weighted by atomic mass is 9.88. The molecule has 6 nitrogen and oxygen atoms in total. The normalized spacial score (nSPS) is 42.8. The van der Waals surface area contributed by atoms with Crippen LogP contribution in [0.4, 0.5) is 0 Å². The van der Waals surface area contributed by atoms with Gasteiger partial charge in [-0.1, -0.05) is 0 Å². The highest BCUT2D eigenvalue weighted by Crippen LogP contribution is 2.55. The zero-order chi connectivity index (χ0) is 13.7. The molecule has 0 saturated carbocycles. The molecule has 0 aromatic heterocycles. The van der Waals surface area contributed by atoms with Gasteiger partial charge in [-0.25, -0.2) is 4.79 Å². The van der Waals surface area contributed by atoms with Gasteiger partial charge in [0.05, 0.1) is 24.4 Å². The molecule has 0 radical (unpaired) electrons. The highest BCUT2D eigenvalue weighted by atomic mass is 32.2. The van der Waals surface area contributed by atoms with Gasteiger partial charge in [0.15, 0.2) is 18.8 Å². The summed E-state index contributed by atoms with van der Waals surface area (Å²) in [6.07, 6.45) is 0.355. The van der Waals surface area contributed by atoms with Crippen LogP contribution in [0, 0.1) is 5.92 Å². The van der Waals surface area contributed by atoms with Crippen molar-refractivity contribution in [2.24, 2.45) is 5.92 Å². The third-order valence-electron chi connectivity index (χ3n) is 4.65. The molecule has 5 unspecified atom stereocenters. The standard InChI is InChI=1S/C13H17NO5S/c15-9(6-14-1-3-17-4-2-14)18-10-8-5-7-12(20-8)11(10)19-13(7)16/h7-8,10-12H,1-6H2/p+1. The van der Waals surface area contributed by atoms with Crippen molar-refractivity contribution < 1.29 is 28.7 Å². The van der Waals surface area contributed by atoms with E-state index in [1.54, 1.807) is 11.8 Å². The van der Waals surface area contributed by atoms with Crippen molar-refractivity contribution in [3.8, 4) is 0 Å². The lowest BCUT2D eigenvalue weighted by molar-refractivity contribution is -0.900. The second-order valence-electron chi connectivity index (χ2n) is 5.88. The first-order valence-electron chi connectivity index (χ1n) is 7.19. The summed E-state index contributed by atoms with van der Waals surface area (Å²) in [7, 11) is 0. The molecule has 4 aliphatic heterocycles. The molecule has 4 fully saturated rings. The second-order valence-corrected chi connectivity index (χ2v) is 7.30. The fourth-order valence-corrected chi connectivity index (χ4v) is 5.48. The maximum absolute atomic E-state index is 12.1. The average molecular weight is 300 g/mol. The van der Waals surface area contributed by atoms with E-state index in [1.165, 1.54) is 4.90 Å². The summed E-state index contributed by atoms with van der Waals surface area (Å²) >= 11 is 1.76. The van der Waals surface area contributed by atoms with Crippen LogP contribution in [0.25, 0.3) is 0 Å². The van der Waals surface area contributed by atoms with Gasteiger partial charge in [0.2, 0.25) is 0 Å².